The summed E-state index contributed by atoms with van der Waals surface area (Å²) >= 11 is 4.87. The average Bonchev–Trinajstić information content (AvgIpc) is 2.38. The van der Waals surface area contributed by atoms with Crippen molar-refractivity contribution in [3.05, 3.63) is 35.5 Å². The number of hydrogen-bond donors (Lipinski definition) is 1. The molecule has 1 heterocycles. The summed E-state index contributed by atoms with van der Waals surface area (Å²) in [5, 5.41) is 7.46. The number of thiol groups is 1. The van der Waals surface area contributed by atoms with Gasteiger partial charge in [-0.3, -0.25) is 10.3 Å². The summed E-state index contributed by atoms with van der Waals surface area (Å²) in [6.07, 6.45) is 1.73. The van der Waals surface area contributed by atoms with Gasteiger partial charge in [0, 0.05) is 11.9 Å². The zero-order valence-electron chi connectivity index (χ0n) is 9.86. The maximum atomic E-state index is 4.67. The normalized spacial score (nSPS) is 10.6. The van der Waals surface area contributed by atoms with E-state index < -0.39 is 0 Å². The van der Waals surface area contributed by atoms with Crippen molar-refractivity contribution in [2.45, 2.75) is 13.8 Å². The van der Waals surface area contributed by atoms with E-state index >= 15 is 0 Å². The molecule has 0 fully saturated rings. The van der Waals surface area contributed by atoms with Crippen molar-refractivity contribution >= 4 is 43.2 Å². The van der Waals surface area contributed by atoms with Gasteiger partial charge in [0.25, 0.3) is 0 Å². The van der Waals surface area contributed by atoms with Crippen LogP contribution >= 0.6 is 20.2 Å². The van der Waals surface area contributed by atoms with Crippen LogP contribution in [0.3, 0.4) is 0 Å². The summed E-state index contributed by atoms with van der Waals surface area (Å²) in [6, 6.07) is 5.67. The molecule has 18 heavy (non-hydrogen) atoms. The van der Waals surface area contributed by atoms with E-state index in [9.17, 15) is 0 Å². The fraction of sp³-hybridized carbons (Fsp3) is 0.300. The first-order chi connectivity index (χ1) is 8.65. The number of pyridine rings is 1. The van der Waals surface area contributed by atoms with Crippen LogP contribution in [0, 0.1) is 0 Å². The number of nitrogens with one attached hydrogen (secondary N) is 1. The van der Waals surface area contributed by atoms with E-state index in [1.807, 2.05) is 32.0 Å². The number of aromatic nitrogens is 1. The topological polar surface area (TPSA) is 51.4 Å². The van der Waals surface area contributed by atoms with Crippen LogP contribution in [0.1, 0.15) is 19.5 Å². The molecule has 1 aromatic heterocycles. The molecule has 0 saturated heterocycles. The van der Waals surface area contributed by atoms with Gasteiger partial charge < -0.3 is 10.5 Å². The van der Waals surface area contributed by atoms with E-state index in [-0.39, 0.29) is 0 Å². The zero-order chi connectivity index (χ0) is 13.8. The second-order valence-electron chi connectivity index (χ2n) is 2.90. The molecule has 0 radical (unpaired) electrons. The van der Waals surface area contributed by atoms with E-state index in [2.05, 4.69) is 53.2 Å². The van der Waals surface area contributed by atoms with Gasteiger partial charge in [-0.2, -0.15) is 0 Å². The van der Waals surface area contributed by atoms with Crippen LogP contribution in [-0.4, -0.2) is 22.4 Å². The van der Waals surface area contributed by atoms with Crippen molar-refractivity contribution < 1.29 is 13.1 Å². The van der Waals surface area contributed by atoms with Crippen molar-refractivity contribution in [2.24, 2.45) is 5.10 Å². The van der Waals surface area contributed by atoms with E-state index in [1.54, 1.807) is 6.20 Å². The number of halogens is 2. The third-order valence-electron chi connectivity index (χ3n) is 1.67. The molecule has 1 rings (SSSR count). The van der Waals surface area contributed by atoms with Crippen LogP contribution in [0.5, 0.6) is 0 Å². The molecular weight excluding hydrogens is 343 g/mol. The Morgan fingerprint density at radius 3 is 2.72 bits per heavy atom. The molecule has 0 saturated carbocycles. The second kappa shape index (κ2) is 11.8. The Kier molecular flexibility index (Phi) is 11.7. The van der Waals surface area contributed by atoms with E-state index in [0.29, 0.717) is 5.11 Å². The van der Waals surface area contributed by atoms with Crippen molar-refractivity contribution in [2.75, 3.05) is 6.54 Å². The molecule has 1 aromatic rings. The first-order valence-electron chi connectivity index (χ1n) is 4.93. The first-order valence-corrected chi connectivity index (χ1v) is 7.97. The van der Waals surface area contributed by atoms with E-state index in [0.717, 1.165) is 31.1 Å². The Hall–Kier alpha value is -0.231. The maximum absolute atomic E-state index is 4.67. The fourth-order valence-corrected chi connectivity index (χ4v) is 1.15. The molecule has 0 aliphatic heterocycles. The second-order valence-corrected chi connectivity index (χ2v) is 4.88. The van der Waals surface area contributed by atoms with Crippen molar-refractivity contribution in [1.82, 2.24) is 10.3 Å². The van der Waals surface area contributed by atoms with Gasteiger partial charge in [0.2, 0.25) is 0 Å². The summed E-state index contributed by atoms with van der Waals surface area (Å²) in [4.78, 5) is 4.16. The molecule has 105 valence electrons. The quantitative estimate of drug-likeness (QED) is 0.226. The van der Waals surface area contributed by atoms with Crippen molar-refractivity contribution in [3.63, 3.8) is 0 Å². The molecule has 0 aromatic carbocycles. The SMILES string of the molecule is CCNC(=[SH+])[N-]N=C(C)c1ccccn1.[Cl][Cu][Cl]. The minimum absolute atomic E-state index is 0.507. The fourth-order valence-electron chi connectivity index (χ4n) is 0.944. The minimum atomic E-state index is 0.507. The summed E-state index contributed by atoms with van der Waals surface area (Å²) in [6.45, 7) is 4.61. The van der Waals surface area contributed by atoms with Crippen LogP contribution in [0.15, 0.2) is 29.5 Å². The Bertz CT molecular complexity index is 375. The molecule has 4 nitrogen and oxygen atoms in total. The number of nitrogens with zero attached hydrogens (tertiary/aromatic N) is 3. The van der Waals surface area contributed by atoms with Gasteiger partial charge in [0.1, 0.15) is 0 Å². The molecule has 0 spiro atoms. The number of hydrogen-bond acceptors (Lipinski definition) is 2. The predicted molar refractivity (Wildman–Crippen MR) is 79.0 cm³/mol. The van der Waals surface area contributed by atoms with E-state index in [1.165, 1.54) is 0 Å². The number of rotatable bonds is 3. The third-order valence-corrected chi connectivity index (χ3v) is 1.91. The van der Waals surface area contributed by atoms with Gasteiger partial charge in [-0.05, 0) is 25.6 Å². The van der Waals surface area contributed by atoms with E-state index in [4.69, 9.17) is 0 Å². The molecular formula is C10H14Cl2CuN4S. The average molecular weight is 357 g/mol. The molecule has 0 bridgehead atoms. The van der Waals surface area contributed by atoms with Gasteiger partial charge in [-0.25, -0.2) is 0 Å². The Morgan fingerprint density at radius 2 is 2.22 bits per heavy atom. The first kappa shape index (κ1) is 17.8. The van der Waals surface area contributed by atoms with Crippen LogP contribution in [0.25, 0.3) is 5.43 Å². The standard InChI is InChI=1S/C10H14N4S.2ClH.Cu/c1-3-11-10(15)14-13-8(2)9-6-4-5-7-12-9;;;/h4-7H,3H2,1-2H3,(H2,11,12,14,15);2*1H;/q;;;+2/p-2. The summed E-state index contributed by atoms with van der Waals surface area (Å²) in [5.74, 6) is 0. The Morgan fingerprint density at radius 1 is 1.56 bits per heavy atom. The summed E-state index contributed by atoms with van der Waals surface area (Å²) in [7, 11) is 9.34. The van der Waals surface area contributed by atoms with Gasteiger partial charge in [0.15, 0.2) is 17.3 Å². The van der Waals surface area contributed by atoms with Crippen LogP contribution < -0.4 is 5.32 Å². The Labute approximate surface area is 127 Å². The van der Waals surface area contributed by atoms with Crippen LogP contribution in [0.2, 0.25) is 0 Å². The van der Waals surface area contributed by atoms with Crippen LogP contribution in [0.4, 0.5) is 0 Å². The van der Waals surface area contributed by atoms with Gasteiger partial charge in [-0.1, -0.05) is 13.0 Å². The Balaban J connectivity index is 0.000000873. The zero-order valence-corrected chi connectivity index (χ0v) is 13.2. The summed E-state index contributed by atoms with van der Waals surface area (Å²) in [5.41, 5.74) is 5.49. The van der Waals surface area contributed by atoms with Crippen molar-refractivity contribution in [1.29, 1.82) is 0 Å². The molecule has 1 N–H and O–H groups in total. The van der Waals surface area contributed by atoms with Crippen molar-refractivity contribution in [3.8, 4) is 0 Å². The molecule has 8 heteroatoms. The van der Waals surface area contributed by atoms with Crippen LogP contribution in [-0.2, 0) is 25.4 Å². The third kappa shape index (κ3) is 8.80. The molecule has 0 aliphatic rings. The molecule has 0 unspecified atom stereocenters. The summed E-state index contributed by atoms with van der Waals surface area (Å²) < 4.78 is 0. The van der Waals surface area contributed by atoms with Gasteiger partial charge >= 0.3 is 33.3 Å². The molecule has 0 atom stereocenters. The molecule has 0 amide bonds. The predicted octanol–water partition coefficient (Wildman–Crippen LogP) is 2.53. The van der Waals surface area contributed by atoms with Gasteiger partial charge in [-0.15, -0.1) is 0 Å². The molecule has 0 aliphatic carbocycles. The van der Waals surface area contributed by atoms with Gasteiger partial charge in [0.05, 0.1) is 5.69 Å². The monoisotopic (exact) mass is 355 g/mol.